The quantitative estimate of drug-likeness (QED) is 0.191. The van der Waals surface area contributed by atoms with E-state index in [9.17, 15) is 9.90 Å². The van der Waals surface area contributed by atoms with Gasteiger partial charge in [-0.05, 0) is 31.6 Å². The molecule has 7 nitrogen and oxygen atoms in total. The number of hydrogen-bond acceptors (Lipinski definition) is 7. The molecule has 2 aliphatic heterocycles. The molecule has 2 aliphatic rings. The maximum Gasteiger partial charge on any atom is 0.384 e. The van der Waals surface area contributed by atoms with E-state index >= 15 is 0 Å². The fraction of sp³-hybridized carbons (Fsp3) is 0.607. The average molecular weight is 489 g/mol. The van der Waals surface area contributed by atoms with Gasteiger partial charge < -0.3 is 28.8 Å². The lowest BCUT2D eigenvalue weighted by atomic mass is 9.91. The zero-order valence-electron chi connectivity index (χ0n) is 21.2. The van der Waals surface area contributed by atoms with Crippen molar-refractivity contribution < 1.29 is 33.6 Å². The number of carbonyl (C=O) groups is 1. The molecule has 35 heavy (non-hydrogen) atoms. The van der Waals surface area contributed by atoms with E-state index in [1.54, 1.807) is 26.4 Å². The van der Waals surface area contributed by atoms with E-state index in [1.807, 2.05) is 18.2 Å². The minimum Gasteiger partial charge on any atom is -0.449 e. The Hall–Kier alpha value is -2.21. The van der Waals surface area contributed by atoms with Crippen LogP contribution in [-0.2, 0) is 28.5 Å². The van der Waals surface area contributed by atoms with Gasteiger partial charge in [-0.15, -0.1) is 0 Å². The minimum absolute atomic E-state index is 0.110. The molecule has 0 amide bonds. The van der Waals surface area contributed by atoms with E-state index in [4.69, 9.17) is 23.7 Å². The number of ether oxygens (including phenoxy) is 5. The number of methoxy groups -OCH3 is 2. The molecule has 0 aliphatic carbocycles. The lowest BCUT2D eigenvalue weighted by Gasteiger charge is -2.28. The van der Waals surface area contributed by atoms with E-state index in [1.165, 1.54) is 0 Å². The molecule has 0 spiro atoms. The fourth-order valence-corrected chi connectivity index (χ4v) is 4.16. The average Bonchev–Trinajstić information content (AvgIpc) is 2.81. The molecular weight excluding hydrogens is 448 g/mol. The largest absolute Gasteiger partial charge is 0.449 e. The van der Waals surface area contributed by atoms with Gasteiger partial charge in [0.1, 0.15) is 19.0 Å². The molecule has 2 bridgehead atoms. The minimum atomic E-state index is -1.01. The first-order valence-electron chi connectivity index (χ1n) is 12.2. The monoisotopic (exact) mass is 488 g/mol. The molecule has 0 aromatic heterocycles. The second kappa shape index (κ2) is 16.5. The molecule has 6 atom stereocenters. The van der Waals surface area contributed by atoms with Gasteiger partial charge in [0.2, 0.25) is 0 Å². The van der Waals surface area contributed by atoms with Crippen LogP contribution in [0.3, 0.4) is 0 Å². The summed E-state index contributed by atoms with van der Waals surface area (Å²) < 4.78 is 27.6. The highest BCUT2D eigenvalue weighted by atomic mass is 16.7. The van der Waals surface area contributed by atoms with Crippen LogP contribution in [-0.4, -0.2) is 69.2 Å². The number of rotatable bonds is 7. The molecule has 0 unspecified atom stereocenters. The van der Waals surface area contributed by atoms with Crippen LogP contribution < -0.4 is 0 Å². The molecular formula is C28H40O7. The summed E-state index contributed by atoms with van der Waals surface area (Å²) in [5.74, 6) is 5.12. The molecule has 194 valence electrons. The van der Waals surface area contributed by atoms with E-state index in [0.717, 1.165) is 24.8 Å². The Morgan fingerprint density at radius 3 is 2.80 bits per heavy atom. The molecule has 0 aromatic carbocycles. The molecule has 0 radical (unpaired) electrons. The molecule has 2 rings (SSSR count). The Labute approximate surface area is 209 Å². The van der Waals surface area contributed by atoms with Crippen LogP contribution in [0.1, 0.15) is 45.4 Å². The van der Waals surface area contributed by atoms with Crippen LogP contribution in [0, 0.1) is 17.8 Å². The van der Waals surface area contributed by atoms with Gasteiger partial charge >= 0.3 is 5.97 Å². The number of esters is 1. The van der Waals surface area contributed by atoms with Gasteiger partial charge in [0.25, 0.3) is 0 Å². The molecule has 7 heteroatoms. The Kier molecular flexibility index (Phi) is 13.6. The molecule has 0 saturated carbocycles. The lowest BCUT2D eigenvalue weighted by Crippen LogP contribution is -2.29. The van der Waals surface area contributed by atoms with Crippen molar-refractivity contribution in [3.63, 3.8) is 0 Å². The SMILES string of the molecule is C=C1C[C@H](C)C[C@@H]2CC=C[C@@H](CC#CC(=O)O[C@H]([C@@H](O)C=CCOC)CC=C[C@@H](OCOC)C1)O2. The first kappa shape index (κ1) is 29.0. The summed E-state index contributed by atoms with van der Waals surface area (Å²) in [7, 11) is 3.14. The highest BCUT2D eigenvalue weighted by Gasteiger charge is 2.22. The van der Waals surface area contributed by atoms with Crippen molar-refractivity contribution in [3.8, 4) is 11.8 Å². The van der Waals surface area contributed by atoms with Crippen LogP contribution in [0.5, 0.6) is 0 Å². The second-order valence-corrected chi connectivity index (χ2v) is 9.06. The van der Waals surface area contributed by atoms with Crippen molar-refractivity contribution in [1.82, 2.24) is 0 Å². The molecule has 0 saturated heterocycles. The van der Waals surface area contributed by atoms with Gasteiger partial charge in [-0.25, -0.2) is 4.79 Å². The van der Waals surface area contributed by atoms with Gasteiger partial charge in [-0.3, -0.25) is 0 Å². The van der Waals surface area contributed by atoms with Crippen molar-refractivity contribution in [2.45, 2.75) is 76.0 Å². The number of aliphatic hydroxyl groups is 1. The van der Waals surface area contributed by atoms with Gasteiger partial charge in [0.05, 0.1) is 24.9 Å². The molecule has 1 N–H and O–H groups in total. The van der Waals surface area contributed by atoms with Crippen LogP contribution in [0.2, 0.25) is 0 Å². The molecule has 2 heterocycles. The van der Waals surface area contributed by atoms with Crippen molar-refractivity contribution in [2.75, 3.05) is 27.6 Å². The summed E-state index contributed by atoms with van der Waals surface area (Å²) in [4.78, 5) is 12.4. The number of aliphatic hydroxyl groups excluding tert-OH is 1. The maximum atomic E-state index is 12.4. The number of hydrogen-bond donors (Lipinski definition) is 1. The molecule has 0 fully saturated rings. The standard InChI is InChI=1S/C28H40O7/c1-21-17-22(2)19-25-12-5-9-23(34-25)10-7-15-28(30)35-27(26(29)13-8-16-31-3)14-6-11-24(18-21)33-20-32-4/h5-6,8-9,11,13,22-27,29H,1,10,12,14,16-20H2,2-4H3/t22-,23-,24+,25-,26-,27-/m0/s1. The van der Waals surface area contributed by atoms with Gasteiger partial charge in [0.15, 0.2) is 0 Å². The Bertz CT molecular complexity index is 804. The summed E-state index contributed by atoms with van der Waals surface area (Å²) in [6.07, 6.45) is 13.0. The zero-order chi connectivity index (χ0) is 25.5. The van der Waals surface area contributed by atoms with Gasteiger partial charge in [-0.1, -0.05) is 61.5 Å². The predicted octanol–water partition coefficient (Wildman–Crippen LogP) is 3.88. The third kappa shape index (κ3) is 11.9. The highest BCUT2D eigenvalue weighted by molar-refractivity contribution is 5.88. The first-order chi connectivity index (χ1) is 16.9. The summed E-state index contributed by atoms with van der Waals surface area (Å²) in [5, 5.41) is 10.6. The second-order valence-electron chi connectivity index (χ2n) is 9.06. The normalized spacial score (nSPS) is 29.7. The van der Waals surface area contributed by atoms with Crippen LogP contribution in [0.15, 0.2) is 48.6 Å². The van der Waals surface area contributed by atoms with Crippen molar-refractivity contribution >= 4 is 5.97 Å². The fourth-order valence-electron chi connectivity index (χ4n) is 4.16. The predicted molar refractivity (Wildman–Crippen MR) is 134 cm³/mol. The van der Waals surface area contributed by atoms with Gasteiger partial charge in [-0.2, -0.15) is 0 Å². The topological polar surface area (TPSA) is 83.5 Å². The third-order valence-electron chi connectivity index (χ3n) is 5.76. The van der Waals surface area contributed by atoms with Crippen molar-refractivity contribution in [2.24, 2.45) is 5.92 Å². The number of carbonyl (C=O) groups excluding carboxylic acids is 1. The summed E-state index contributed by atoms with van der Waals surface area (Å²) in [6.45, 7) is 6.97. The van der Waals surface area contributed by atoms with E-state index in [2.05, 4.69) is 31.4 Å². The van der Waals surface area contributed by atoms with Crippen molar-refractivity contribution in [3.05, 3.63) is 48.6 Å². The highest BCUT2D eigenvalue weighted by Crippen LogP contribution is 2.26. The van der Waals surface area contributed by atoms with E-state index in [-0.39, 0.29) is 31.5 Å². The third-order valence-corrected chi connectivity index (χ3v) is 5.76. The van der Waals surface area contributed by atoms with E-state index < -0.39 is 18.2 Å². The van der Waals surface area contributed by atoms with Gasteiger partial charge in [0, 0.05) is 33.0 Å². The number of cyclic esters (lactones) is 1. The van der Waals surface area contributed by atoms with Crippen LogP contribution >= 0.6 is 0 Å². The first-order valence-corrected chi connectivity index (χ1v) is 12.2. The van der Waals surface area contributed by atoms with Crippen LogP contribution in [0.4, 0.5) is 0 Å². The summed E-state index contributed by atoms with van der Waals surface area (Å²) in [6, 6.07) is 0. The molecule has 0 aromatic rings. The summed E-state index contributed by atoms with van der Waals surface area (Å²) >= 11 is 0. The maximum absolute atomic E-state index is 12.4. The lowest BCUT2D eigenvalue weighted by molar-refractivity contribution is -0.145. The Balaban J connectivity index is 2.21. The van der Waals surface area contributed by atoms with Crippen LogP contribution in [0.25, 0.3) is 0 Å². The van der Waals surface area contributed by atoms with Crippen molar-refractivity contribution in [1.29, 1.82) is 0 Å². The zero-order valence-corrected chi connectivity index (χ0v) is 21.2. The Morgan fingerprint density at radius 1 is 1.23 bits per heavy atom. The smallest absolute Gasteiger partial charge is 0.384 e. The summed E-state index contributed by atoms with van der Waals surface area (Å²) in [5.41, 5.74) is 1.09. The number of fused-ring (bicyclic) bond motifs is 2. The van der Waals surface area contributed by atoms with E-state index in [0.29, 0.717) is 25.4 Å². The Morgan fingerprint density at radius 2 is 2.03 bits per heavy atom.